The summed E-state index contributed by atoms with van der Waals surface area (Å²) in [5, 5.41) is 4.04. The number of carbonyl (C=O) groups excluding carboxylic acids is 1. The summed E-state index contributed by atoms with van der Waals surface area (Å²) >= 11 is 0. The summed E-state index contributed by atoms with van der Waals surface area (Å²) in [7, 11) is 0. The van der Waals surface area contributed by atoms with Crippen LogP contribution in [-0.2, 0) is 11.3 Å². The number of anilines is 1. The molecular weight excluding hydrogens is 228 g/mol. The normalized spacial score (nSPS) is 17.4. The summed E-state index contributed by atoms with van der Waals surface area (Å²) in [6.07, 6.45) is 3.98. The van der Waals surface area contributed by atoms with Crippen LogP contribution in [0.15, 0.2) is 12.3 Å². The smallest absolute Gasteiger partial charge is 0.244 e. The fourth-order valence-electron chi connectivity index (χ4n) is 2.52. The topological polar surface area (TPSA) is 64.2 Å². The van der Waals surface area contributed by atoms with Crippen molar-refractivity contribution >= 4 is 11.7 Å². The van der Waals surface area contributed by atoms with Gasteiger partial charge >= 0.3 is 0 Å². The summed E-state index contributed by atoms with van der Waals surface area (Å²) in [5.74, 6) is 2.07. The number of nitrogens with two attached hydrogens (primary N) is 1. The lowest BCUT2D eigenvalue weighted by atomic mass is 9.87. The first kappa shape index (κ1) is 12.9. The number of nitrogens with zero attached hydrogens (tertiary/aromatic N) is 3. The molecule has 100 valence electrons. The molecule has 0 unspecified atom stereocenters. The molecule has 2 heterocycles. The van der Waals surface area contributed by atoms with Crippen molar-refractivity contribution in [1.82, 2.24) is 14.7 Å². The lowest BCUT2D eigenvalue weighted by Crippen LogP contribution is -2.41. The Hall–Kier alpha value is -1.52. The first-order valence-electron chi connectivity index (χ1n) is 6.63. The molecule has 1 fully saturated rings. The average Bonchev–Trinajstić information content (AvgIpc) is 2.75. The van der Waals surface area contributed by atoms with Gasteiger partial charge in [-0.25, -0.2) is 0 Å². The third kappa shape index (κ3) is 3.03. The molecular formula is C13H22N4O. The van der Waals surface area contributed by atoms with Gasteiger partial charge in [0.2, 0.25) is 5.91 Å². The summed E-state index contributed by atoms with van der Waals surface area (Å²) in [5.41, 5.74) is 5.53. The Bertz CT molecular complexity index is 405. The molecule has 5 heteroatoms. The number of likely N-dealkylation sites (tertiary alicyclic amines) is 1. The molecule has 1 aliphatic heterocycles. The third-order valence-electron chi connectivity index (χ3n) is 3.79. The average molecular weight is 250 g/mol. The summed E-state index contributed by atoms with van der Waals surface area (Å²) in [6, 6.07) is 1.71. The Morgan fingerprint density at radius 3 is 2.67 bits per heavy atom. The van der Waals surface area contributed by atoms with Gasteiger partial charge in [-0.3, -0.25) is 9.48 Å². The van der Waals surface area contributed by atoms with Crippen LogP contribution in [0, 0.1) is 11.8 Å². The minimum Gasteiger partial charge on any atom is -0.382 e. The number of amides is 1. The fourth-order valence-corrected chi connectivity index (χ4v) is 2.52. The number of nitrogen functional groups attached to an aromatic ring is 1. The highest BCUT2D eigenvalue weighted by Gasteiger charge is 2.24. The Morgan fingerprint density at radius 2 is 2.17 bits per heavy atom. The van der Waals surface area contributed by atoms with E-state index >= 15 is 0 Å². The van der Waals surface area contributed by atoms with Crippen LogP contribution >= 0.6 is 0 Å². The van der Waals surface area contributed by atoms with E-state index in [1.165, 1.54) is 0 Å². The maximum absolute atomic E-state index is 12.1. The van der Waals surface area contributed by atoms with Gasteiger partial charge in [-0.2, -0.15) is 5.10 Å². The molecule has 0 spiro atoms. The highest BCUT2D eigenvalue weighted by atomic mass is 16.2. The SMILES string of the molecule is CC(C)C1CCN(C(=O)Cn2ccc(N)n2)CC1. The van der Waals surface area contributed by atoms with Gasteiger partial charge in [-0.15, -0.1) is 0 Å². The maximum atomic E-state index is 12.1. The molecule has 0 saturated carbocycles. The van der Waals surface area contributed by atoms with Crippen LogP contribution in [0.3, 0.4) is 0 Å². The van der Waals surface area contributed by atoms with Crippen LogP contribution in [0.5, 0.6) is 0 Å². The fraction of sp³-hybridized carbons (Fsp3) is 0.692. The lowest BCUT2D eigenvalue weighted by Gasteiger charge is -2.33. The standard InChI is InChI=1S/C13H22N4O/c1-10(2)11-3-6-16(7-4-11)13(18)9-17-8-5-12(14)15-17/h5,8,10-11H,3-4,6-7,9H2,1-2H3,(H2,14,15). The first-order chi connectivity index (χ1) is 8.56. The van der Waals surface area contributed by atoms with E-state index in [0.29, 0.717) is 18.3 Å². The van der Waals surface area contributed by atoms with Crippen LogP contribution in [0.2, 0.25) is 0 Å². The largest absolute Gasteiger partial charge is 0.382 e. The van der Waals surface area contributed by atoms with Crippen molar-refractivity contribution in [3.8, 4) is 0 Å². The molecule has 0 aliphatic carbocycles. The number of rotatable bonds is 3. The first-order valence-corrected chi connectivity index (χ1v) is 6.63. The Kier molecular flexibility index (Phi) is 3.89. The molecule has 1 aliphatic rings. The Balaban J connectivity index is 1.84. The molecule has 18 heavy (non-hydrogen) atoms. The number of hydrogen-bond donors (Lipinski definition) is 1. The van der Waals surface area contributed by atoms with Gasteiger partial charge in [0, 0.05) is 19.3 Å². The highest BCUT2D eigenvalue weighted by molar-refractivity contribution is 5.76. The van der Waals surface area contributed by atoms with Gasteiger partial charge in [0.15, 0.2) is 0 Å². The van der Waals surface area contributed by atoms with Gasteiger partial charge in [0.05, 0.1) is 0 Å². The predicted molar refractivity (Wildman–Crippen MR) is 70.8 cm³/mol. The molecule has 0 atom stereocenters. The molecule has 1 amide bonds. The van der Waals surface area contributed by atoms with E-state index in [0.717, 1.165) is 31.8 Å². The van der Waals surface area contributed by atoms with E-state index in [9.17, 15) is 4.79 Å². The van der Waals surface area contributed by atoms with Crippen LogP contribution in [0.25, 0.3) is 0 Å². The third-order valence-corrected chi connectivity index (χ3v) is 3.79. The second kappa shape index (κ2) is 5.42. The van der Waals surface area contributed by atoms with Crippen molar-refractivity contribution in [2.75, 3.05) is 18.8 Å². The van der Waals surface area contributed by atoms with Crippen LogP contribution in [0.4, 0.5) is 5.82 Å². The molecule has 1 aromatic rings. The number of piperidine rings is 1. The van der Waals surface area contributed by atoms with Crippen LogP contribution in [0.1, 0.15) is 26.7 Å². The predicted octanol–water partition coefficient (Wildman–Crippen LogP) is 1.36. The second-order valence-corrected chi connectivity index (χ2v) is 5.40. The number of carbonyl (C=O) groups is 1. The maximum Gasteiger partial charge on any atom is 0.244 e. The highest BCUT2D eigenvalue weighted by Crippen LogP contribution is 2.24. The molecule has 2 N–H and O–H groups in total. The van der Waals surface area contributed by atoms with Crippen molar-refractivity contribution < 1.29 is 4.79 Å². The second-order valence-electron chi connectivity index (χ2n) is 5.40. The van der Waals surface area contributed by atoms with E-state index in [2.05, 4.69) is 18.9 Å². The zero-order valence-corrected chi connectivity index (χ0v) is 11.2. The summed E-state index contributed by atoms with van der Waals surface area (Å²) in [6.45, 7) is 6.56. The quantitative estimate of drug-likeness (QED) is 0.881. The molecule has 2 rings (SSSR count). The molecule has 0 aromatic carbocycles. The summed E-state index contributed by atoms with van der Waals surface area (Å²) in [4.78, 5) is 14.0. The van der Waals surface area contributed by atoms with E-state index in [1.807, 2.05) is 4.90 Å². The Morgan fingerprint density at radius 1 is 1.50 bits per heavy atom. The zero-order chi connectivity index (χ0) is 13.1. The monoisotopic (exact) mass is 250 g/mol. The van der Waals surface area contributed by atoms with E-state index in [-0.39, 0.29) is 5.91 Å². The minimum absolute atomic E-state index is 0.139. The summed E-state index contributed by atoms with van der Waals surface area (Å²) < 4.78 is 1.60. The number of aromatic nitrogens is 2. The van der Waals surface area contributed by atoms with Crippen LogP contribution < -0.4 is 5.73 Å². The van der Waals surface area contributed by atoms with Crippen molar-refractivity contribution in [3.63, 3.8) is 0 Å². The van der Waals surface area contributed by atoms with Crippen molar-refractivity contribution in [2.45, 2.75) is 33.2 Å². The van der Waals surface area contributed by atoms with Crippen molar-refractivity contribution in [3.05, 3.63) is 12.3 Å². The van der Waals surface area contributed by atoms with Gasteiger partial charge in [-0.05, 0) is 30.7 Å². The molecule has 1 saturated heterocycles. The van der Waals surface area contributed by atoms with Gasteiger partial charge in [0.25, 0.3) is 0 Å². The van der Waals surface area contributed by atoms with Gasteiger partial charge in [0.1, 0.15) is 12.4 Å². The van der Waals surface area contributed by atoms with E-state index in [4.69, 9.17) is 5.73 Å². The lowest BCUT2D eigenvalue weighted by molar-refractivity contribution is -0.133. The van der Waals surface area contributed by atoms with Crippen LogP contribution in [-0.4, -0.2) is 33.7 Å². The molecule has 0 radical (unpaired) electrons. The molecule has 5 nitrogen and oxygen atoms in total. The van der Waals surface area contributed by atoms with Gasteiger partial charge < -0.3 is 10.6 Å². The number of hydrogen-bond acceptors (Lipinski definition) is 3. The Labute approximate surface area is 108 Å². The molecule has 1 aromatic heterocycles. The molecule has 0 bridgehead atoms. The van der Waals surface area contributed by atoms with E-state index < -0.39 is 0 Å². The van der Waals surface area contributed by atoms with E-state index in [1.54, 1.807) is 16.9 Å². The zero-order valence-electron chi connectivity index (χ0n) is 11.2. The minimum atomic E-state index is 0.139. The van der Waals surface area contributed by atoms with Gasteiger partial charge in [-0.1, -0.05) is 13.8 Å². The van der Waals surface area contributed by atoms with Crippen molar-refractivity contribution in [1.29, 1.82) is 0 Å². The van der Waals surface area contributed by atoms with Crippen molar-refractivity contribution in [2.24, 2.45) is 11.8 Å².